The summed E-state index contributed by atoms with van der Waals surface area (Å²) >= 11 is 0. The Bertz CT molecular complexity index is 487. The Balaban J connectivity index is 2.52. The molecule has 0 heterocycles. The molecule has 0 spiro atoms. The van der Waals surface area contributed by atoms with E-state index in [1.165, 1.54) is 6.26 Å². The fraction of sp³-hybridized carbons (Fsp3) is 0.938. The number of ether oxygens (including phenoxy) is 1. The van der Waals surface area contributed by atoms with Gasteiger partial charge in [-0.15, -0.1) is 0 Å². The van der Waals surface area contributed by atoms with Crippen LogP contribution in [0.15, 0.2) is 4.99 Å². The Morgan fingerprint density at radius 3 is 2.43 bits per heavy atom. The van der Waals surface area contributed by atoms with Crippen LogP contribution in [-0.4, -0.2) is 58.7 Å². The van der Waals surface area contributed by atoms with E-state index in [9.17, 15) is 8.42 Å². The van der Waals surface area contributed by atoms with Crippen molar-refractivity contribution in [2.24, 2.45) is 10.4 Å². The summed E-state index contributed by atoms with van der Waals surface area (Å²) in [5.41, 5.74) is 0.153. The first kappa shape index (κ1) is 20.2. The highest BCUT2D eigenvalue weighted by molar-refractivity contribution is 7.90. The summed E-state index contributed by atoms with van der Waals surface area (Å²) in [5, 5.41) is 6.70. The van der Waals surface area contributed by atoms with Gasteiger partial charge in [0.2, 0.25) is 0 Å². The molecule has 1 aliphatic carbocycles. The highest BCUT2D eigenvalue weighted by Crippen LogP contribution is 2.48. The topological polar surface area (TPSA) is 79.8 Å². The third-order valence-electron chi connectivity index (χ3n) is 4.99. The minimum atomic E-state index is -2.90. The first-order chi connectivity index (χ1) is 10.8. The summed E-state index contributed by atoms with van der Waals surface area (Å²) in [6, 6.07) is 0.343. The molecule has 0 aliphatic heterocycles. The molecule has 7 heteroatoms. The molecular formula is C16H33N3O3S. The fourth-order valence-corrected chi connectivity index (χ4v) is 4.15. The second-order valence-electron chi connectivity index (χ2n) is 6.30. The van der Waals surface area contributed by atoms with Crippen LogP contribution in [0.1, 0.15) is 46.5 Å². The Hall–Kier alpha value is -0.820. The lowest BCUT2D eigenvalue weighted by Crippen LogP contribution is -2.65. The number of hydrogen-bond acceptors (Lipinski definition) is 4. The molecule has 0 radical (unpaired) electrons. The van der Waals surface area contributed by atoms with E-state index >= 15 is 0 Å². The average Bonchev–Trinajstić information content (AvgIpc) is 2.48. The van der Waals surface area contributed by atoms with Gasteiger partial charge in [0.05, 0.1) is 11.9 Å². The van der Waals surface area contributed by atoms with Crippen LogP contribution >= 0.6 is 0 Å². The minimum Gasteiger partial charge on any atom is -0.378 e. The number of guanidine groups is 1. The maximum Gasteiger partial charge on any atom is 0.191 e. The number of nitrogens with zero attached hydrogens (tertiary/aromatic N) is 1. The van der Waals surface area contributed by atoms with Gasteiger partial charge < -0.3 is 15.4 Å². The van der Waals surface area contributed by atoms with Crippen LogP contribution < -0.4 is 10.6 Å². The van der Waals surface area contributed by atoms with Gasteiger partial charge in [0.25, 0.3) is 0 Å². The Morgan fingerprint density at radius 2 is 1.96 bits per heavy atom. The monoisotopic (exact) mass is 347 g/mol. The van der Waals surface area contributed by atoms with Gasteiger partial charge in [-0.1, -0.05) is 13.8 Å². The molecular weight excluding hydrogens is 314 g/mol. The highest BCUT2D eigenvalue weighted by Gasteiger charge is 2.53. The first-order valence-corrected chi connectivity index (χ1v) is 10.7. The van der Waals surface area contributed by atoms with Crippen molar-refractivity contribution < 1.29 is 13.2 Å². The van der Waals surface area contributed by atoms with Gasteiger partial charge in [-0.2, -0.15) is 0 Å². The van der Waals surface area contributed by atoms with Crippen LogP contribution in [0.2, 0.25) is 0 Å². The quantitative estimate of drug-likeness (QED) is 0.376. The molecule has 0 saturated heterocycles. The lowest BCUT2D eigenvalue weighted by molar-refractivity contribution is -0.133. The second kappa shape index (κ2) is 8.87. The number of hydrogen-bond donors (Lipinski definition) is 2. The van der Waals surface area contributed by atoms with E-state index < -0.39 is 9.84 Å². The van der Waals surface area contributed by atoms with E-state index in [1.807, 2.05) is 6.92 Å². The third kappa shape index (κ3) is 5.35. The molecule has 0 amide bonds. The molecule has 1 fully saturated rings. The summed E-state index contributed by atoms with van der Waals surface area (Å²) < 4.78 is 28.2. The molecule has 6 nitrogen and oxygen atoms in total. The van der Waals surface area contributed by atoms with E-state index in [1.54, 1.807) is 7.05 Å². The van der Waals surface area contributed by atoms with Crippen LogP contribution in [0.5, 0.6) is 0 Å². The molecule has 1 saturated carbocycles. The lowest BCUT2D eigenvalue weighted by atomic mass is 9.58. The molecule has 2 unspecified atom stereocenters. The van der Waals surface area contributed by atoms with Gasteiger partial charge in [-0.25, -0.2) is 8.42 Å². The van der Waals surface area contributed by atoms with Crippen molar-refractivity contribution in [3.63, 3.8) is 0 Å². The van der Waals surface area contributed by atoms with Crippen LogP contribution in [0.3, 0.4) is 0 Å². The summed E-state index contributed by atoms with van der Waals surface area (Å²) in [5.74, 6) is 0.936. The SMILES string of the molecule is CCOC1CC(NC(=NC)NCCCS(C)(=O)=O)C1(CC)CC. The Morgan fingerprint density at radius 1 is 1.30 bits per heavy atom. The van der Waals surface area contributed by atoms with E-state index in [0.717, 1.165) is 31.8 Å². The zero-order valence-corrected chi connectivity index (χ0v) is 16.0. The molecule has 0 aromatic rings. The second-order valence-corrected chi connectivity index (χ2v) is 8.56. The van der Waals surface area contributed by atoms with Crippen LogP contribution in [0.4, 0.5) is 0 Å². The zero-order valence-electron chi connectivity index (χ0n) is 15.2. The van der Waals surface area contributed by atoms with Crippen molar-refractivity contribution in [2.45, 2.75) is 58.6 Å². The first-order valence-electron chi connectivity index (χ1n) is 8.59. The predicted molar refractivity (Wildman–Crippen MR) is 95.7 cm³/mol. The number of sulfone groups is 1. The van der Waals surface area contributed by atoms with Crippen LogP contribution in [0.25, 0.3) is 0 Å². The van der Waals surface area contributed by atoms with Gasteiger partial charge in [-0.05, 0) is 32.6 Å². The van der Waals surface area contributed by atoms with E-state index in [0.29, 0.717) is 25.1 Å². The van der Waals surface area contributed by atoms with Crippen molar-refractivity contribution >= 4 is 15.8 Å². The Kier molecular flexibility index (Phi) is 7.80. The Labute approximate surface area is 141 Å². The molecule has 2 N–H and O–H groups in total. The molecule has 0 aromatic heterocycles. The fourth-order valence-electron chi connectivity index (χ4n) is 3.48. The maximum absolute atomic E-state index is 11.2. The highest BCUT2D eigenvalue weighted by atomic mass is 32.2. The smallest absolute Gasteiger partial charge is 0.191 e. The lowest BCUT2D eigenvalue weighted by Gasteiger charge is -2.55. The van der Waals surface area contributed by atoms with Gasteiger partial charge in [-0.3, -0.25) is 4.99 Å². The zero-order chi connectivity index (χ0) is 17.5. The van der Waals surface area contributed by atoms with Crippen molar-refractivity contribution in [2.75, 3.05) is 32.2 Å². The molecule has 0 aromatic carbocycles. The van der Waals surface area contributed by atoms with Gasteiger partial charge in [0.1, 0.15) is 9.84 Å². The van der Waals surface area contributed by atoms with E-state index in [4.69, 9.17) is 4.74 Å². The number of aliphatic imine (C=N–C) groups is 1. The van der Waals surface area contributed by atoms with Crippen molar-refractivity contribution in [1.82, 2.24) is 10.6 Å². The summed E-state index contributed by atoms with van der Waals surface area (Å²) in [6.45, 7) is 7.81. The van der Waals surface area contributed by atoms with Crippen molar-refractivity contribution in [1.29, 1.82) is 0 Å². The van der Waals surface area contributed by atoms with Gasteiger partial charge >= 0.3 is 0 Å². The maximum atomic E-state index is 11.2. The van der Waals surface area contributed by atoms with E-state index in [-0.39, 0.29) is 11.2 Å². The normalized spacial score (nSPS) is 24.1. The number of nitrogens with one attached hydrogen (secondary N) is 2. The van der Waals surface area contributed by atoms with Gasteiger partial charge in [0.15, 0.2) is 5.96 Å². The van der Waals surface area contributed by atoms with Crippen molar-refractivity contribution in [3.8, 4) is 0 Å². The summed E-state index contributed by atoms with van der Waals surface area (Å²) in [4.78, 5) is 4.25. The van der Waals surface area contributed by atoms with Crippen molar-refractivity contribution in [3.05, 3.63) is 0 Å². The largest absolute Gasteiger partial charge is 0.378 e. The number of rotatable bonds is 9. The molecule has 23 heavy (non-hydrogen) atoms. The van der Waals surface area contributed by atoms with Gasteiger partial charge in [0, 0.05) is 37.9 Å². The molecule has 1 aliphatic rings. The summed E-state index contributed by atoms with van der Waals surface area (Å²) in [7, 11) is -1.16. The van der Waals surface area contributed by atoms with Crippen LogP contribution in [-0.2, 0) is 14.6 Å². The molecule has 0 bridgehead atoms. The summed E-state index contributed by atoms with van der Waals surface area (Å²) in [6.07, 6.45) is 5.27. The third-order valence-corrected chi connectivity index (χ3v) is 6.02. The predicted octanol–water partition coefficient (Wildman–Crippen LogP) is 1.57. The minimum absolute atomic E-state index is 0.153. The van der Waals surface area contributed by atoms with Crippen LogP contribution in [0, 0.1) is 5.41 Å². The van der Waals surface area contributed by atoms with E-state index in [2.05, 4.69) is 29.5 Å². The molecule has 1 rings (SSSR count). The standard InChI is InChI=1S/C16H33N3O3S/c1-6-16(7-2)13(12-14(16)22-8-3)19-15(17-4)18-10-9-11-23(5,20)21/h13-14H,6-12H2,1-5H3,(H2,17,18,19). The molecule has 136 valence electrons. The molecule has 2 atom stereocenters. The average molecular weight is 348 g/mol.